The van der Waals surface area contributed by atoms with Gasteiger partial charge in [-0.25, -0.2) is 9.18 Å². The van der Waals surface area contributed by atoms with Gasteiger partial charge in [0.25, 0.3) is 0 Å². The number of benzene rings is 1. The molecule has 0 radical (unpaired) electrons. The number of ether oxygens (including phenoxy) is 1. The monoisotopic (exact) mass is 499 g/mol. The topological polar surface area (TPSA) is 96.8 Å². The van der Waals surface area contributed by atoms with Crippen LogP contribution >= 0.6 is 0 Å². The lowest BCUT2D eigenvalue weighted by Crippen LogP contribution is -2.40. The van der Waals surface area contributed by atoms with E-state index in [1.165, 1.54) is 13.2 Å². The van der Waals surface area contributed by atoms with E-state index in [9.17, 15) is 14.4 Å². The van der Waals surface area contributed by atoms with Crippen molar-refractivity contribution in [2.24, 2.45) is 18.9 Å². The third-order valence-corrected chi connectivity index (χ3v) is 8.19. The summed E-state index contributed by atoms with van der Waals surface area (Å²) < 4.78 is 21.9. The molecule has 9 nitrogen and oxygen atoms in total. The van der Waals surface area contributed by atoms with Crippen LogP contribution in [-0.4, -0.2) is 65.9 Å². The number of rotatable bonds is 4. The number of nitrogens with zero attached hydrogens (tertiary/aromatic N) is 4. The highest BCUT2D eigenvalue weighted by Crippen LogP contribution is 2.36. The van der Waals surface area contributed by atoms with Gasteiger partial charge >= 0.3 is 6.09 Å². The van der Waals surface area contributed by atoms with E-state index in [0.717, 1.165) is 63.8 Å². The lowest BCUT2D eigenvalue weighted by atomic mass is 9.83. The Morgan fingerprint density at radius 2 is 1.75 bits per heavy atom. The quantitative estimate of drug-likeness (QED) is 0.649. The van der Waals surface area contributed by atoms with Crippen molar-refractivity contribution in [3.63, 3.8) is 0 Å². The number of halogens is 1. The SMILES string of the molecule is COC(=O)N1CCC(CC2CCN(c3cc4c(cc3F)c(C3CCC(=O)NC3=O)nn4C)CC2)CC1. The molecule has 0 bridgehead atoms. The van der Waals surface area contributed by atoms with Crippen LogP contribution in [0.3, 0.4) is 0 Å². The standard InChI is InChI=1S/C26H34FN5O4/c1-30-21-15-22(20(27)14-19(21)24(29-30)18-3-4-23(33)28-25(18)34)31-9-5-16(6-10-31)13-17-7-11-32(12-8-17)26(35)36-2/h14-18H,3-13H2,1-2H3,(H,28,33,34). The number of imide groups is 1. The molecule has 2 aromatic rings. The van der Waals surface area contributed by atoms with Crippen molar-refractivity contribution in [3.05, 3.63) is 23.6 Å². The number of hydrogen-bond acceptors (Lipinski definition) is 6. The lowest BCUT2D eigenvalue weighted by Gasteiger charge is -2.37. The number of nitrogens with one attached hydrogen (secondary N) is 1. The van der Waals surface area contributed by atoms with Gasteiger partial charge in [0.15, 0.2) is 0 Å². The van der Waals surface area contributed by atoms with Crippen molar-refractivity contribution in [1.82, 2.24) is 20.0 Å². The number of anilines is 1. The van der Waals surface area contributed by atoms with Gasteiger partial charge in [-0.15, -0.1) is 0 Å². The summed E-state index contributed by atoms with van der Waals surface area (Å²) in [6, 6.07) is 3.34. The molecule has 1 N–H and O–H groups in total. The van der Waals surface area contributed by atoms with Crippen LogP contribution in [0.4, 0.5) is 14.9 Å². The van der Waals surface area contributed by atoms with Gasteiger partial charge in [-0.05, 0) is 62.5 Å². The molecule has 10 heteroatoms. The molecule has 1 unspecified atom stereocenters. The molecule has 1 atom stereocenters. The highest BCUT2D eigenvalue weighted by atomic mass is 19.1. The third-order valence-electron chi connectivity index (χ3n) is 8.19. The van der Waals surface area contributed by atoms with Crippen molar-refractivity contribution in [1.29, 1.82) is 0 Å². The fourth-order valence-corrected chi connectivity index (χ4v) is 6.11. The van der Waals surface area contributed by atoms with Crippen LogP contribution in [0.2, 0.25) is 0 Å². The molecule has 3 fully saturated rings. The molecule has 0 aliphatic carbocycles. The zero-order valence-corrected chi connectivity index (χ0v) is 21.0. The third kappa shape index (κ3) is 4.77. The van der Waals surface area contributed by atoms with Crippen LogP contribution in [0.5, 0.6) is 0 Å². The molecule has 5 rings (SSSR count). The van der Waals surface area contributed by atoms with Gasteiger partial charge in [-0.3, -0.25) is 19.6 Å². The summed E-state index contributed by atoms with van der Waals surface area (Å²) in [4.78, 5) is 39.5. The fourth-order valence-electron chi connectivity index (χ4n) is 6.11. The highest BCUT2D eigenvalue weighted by molar-refractivity contribution is 6.02. The van der Waals surface area contributed by atoms with Crippen molar-refractivity contribution in [2.45, 2.75) is 50.9 Å². The first-order valence-corrected chi connectivity index (χ1v) is 12.9. The lowest BCUT2D eigenvalue weighted by molar-refractivity contribution is -0.134. The van der Waals surface area contributed by atoms with Gasteiger partial charge in [0.05, 0.1) is 29.9 Å². The Bertz CT molecular complexity index is 1160. The van der Waals surface area contributed by atoms with Crippen molar-refractivity contribution in [2.75, 3.05) is 38.2 Å². The average molecular weight is 500 g/mol. The minimum atomic E-state index is -0.549. The molecule has 36 heavy (non-hydrogen) atoms. The number of aryl methyl sites for hydroxylation is 1. The van der Waals surface area contributed by atoms with Crippen LogP contribution in [0.15, 0.2) is 12.1 Å². The summed E-state index contributed by atoms with van der Waals surface area (Å²) in [6.07, 6.45) is 5.61. The number of likely N-dealkylation sites (tertiary alicyclic amines) is 1. The minimum absolute atomic E-state index is 0.238. The maximum absolute atomic E-state index is 15.3. The minimum Gasteiger partial charge on any atom is -0.453 e. The number of hydrogen-bond donors (Lipinski definition) is 1. The molecule has 3 aliphatic rings. The largest absolute Gasteiger partial charge is 0.453 e. The Kier molecular flexibility index (Phi) is 6.85. The molecule has 0 saturated carbocycles. The zero-order valence-electron chi connectivity index (χ0n) is 21.0. The van der Waals surface area contributed by atoms with E-state index in [2.05, 4.69) is 15.3 Å². The highest BCUT2D eigenvalue weighted by Gasteiger charge is 2.33. The van der Waals surface area contributed by atoms with Gasteiger partial charge in [0, 0.05) is 45.0 Å². The predicted molar refractivity (Wildman–Crippen MR) is 132 cm³/mol. The Hall–Kier alpha value is -3.17. The number of carbonyl (C=O) groups is 3. The number of amides is 3. The van der Waals surface area contributed by atoms with Crippen LogP contribution in [-0.2, 0) is 21.4 Å². The van der Waals surface area contributed by atoms with E-state index >= 15 is 4.39 Å². The molecule has 194 valence electrons. The van der Waals surface area contributed by atoms with E-state index in [4.69, 9.17) is 4.74 Å². The summed E-state index contributed by atoms with van der Waals surface area (Å²) in [6.45, 7) is 3.11. The molecule has 3 saturated heterocycles. The zero-order chi connectivity index (χ0) is 25.4. The first-order valence-electron chi connectivity index (χ1n) is 12.9. The van der Waals surface area contributed by atoms with Crippen LogP contribution in [0.25, 0.3) is 10.9 Å². The van der Waals surface area contributed by atoms with Crippen molar-refractivity contribution < 1.29 is 23.5 Å². The van der Waals surface area contributed by atoms with Gasteiger partial charge in [0.2, 0.25) is 11.8 Å². The Morgan fingerprint density at radius 3 is 2.39 bits per heavy atom. The molecular formula is C26H34FN5O4. The van der Waals surface area contributed by atoms with Crippen LogP contribution in [0, 0.1) is 17.7 Å². The van der Waals surface area contributed by atoms with Crippen LogP contribution < -0.4 is 10.2 Å². The normalized spacial score (nSPS) is 22.2. The van der Waals surface area contributed by atoms with Gasteiger partial charge in [0.1, 0.15) is 5.82 Å². The van der Waals surface area contributed by atoms with E-state index in [1.807, 2.05) is 6.07 Å². The molecule has 0 spiro atoms. The summed E-state index contributed by atoms with van der Waals surface area (Å²) >= 11 is 0. The van der Waals surface area contributed by atoms with Gasteiger partial charge in [-0.2, -0.15) is 5.10 Å². The maximum Gasteiger partial charge on any atom is 0.409 e. The first-order chi connectivity index (χ1) is 17.3. The van der Waals surface area contributed by atoms with E-state index in [0.29, 0.717) is 35.0 Å². The number of aromatic nitrogens is 2. The fraction of sp³-hybridized carbons (Fsp3) is 0.615. The summed E-state index contributed by atoms with van der Waals surface area (Å²) in [5, 5.41) is 7.54. The Balaban J connectivity index is 1.23. The number of methoxy groups -OCH3 is 1. The van der Waals surface area contributed by atoms with Crippen LogP contribution in [0.1, 0.15) is 56.6 Å². The number of fused-ring (bicyclic) bond motifs is 1. The van der Waals surface area contributed by atoms with Gasteiger partial charge in [-0.1, -0.05) is 0 Å². The van der Waals surface area contributed by atoms with Crippen molar-refractivity contribution >= 4 is 34.5 Å². The Morgan fingerprint density at radius 1 is 1.08 bits per heavy atom. The van der Waals surface area contributed by atoms with Gasteiger partial charge < -0.3 is 14.5 Å². The van der Waals surface area contributed by atoms with E-state index < -0.39 is 5.92 Å². The maximum atomic E-state index is 15.3. The summed E-state index contributed by atoms with van der Waals surface area (Å²) in [7, 11) is 3.23. The molecule has 3 aliphatic heterocycles. The molecule has 1 aromatic heterocycles. The van der Waals surface area contributed by atoms with Crippen molar-refractivity contribution in [3.8, 4) is 0 Å². The predicted octanol–water partition coefficient (Wildman–Crippen LogP) is 3.32. The smallest absolute Gasteiger partial charge is 0.409 e. The average Bonchev–Trinajstić information content (AvgIpc) is 3.19. The molecule has 1 aromatic carbocycles. The molecule has 4 heterocycles. The second-order valence-electron chi connectivity index (χ2n) is 10.4. The van der Waals surface area contributed by atoms with E-state index in [-0.39, 0.29) is 30.1 Å². The Labute approximate surface area is 209 Å². The summed E-state index contributed by atoms with van der Waals surface area (Å²) in [5.41, 5.74) is 1.88. The first kappa shape index (κ1) is 24.5. The summed E-state index contributed by atoms with van der Waals surface area (Å²) in [5.74, 6) is -0.271. The number of piperidine rings is 3. The van der Waals surface area contributed by atoms with E-state index in [1.54, 1.807) is 16.6 Å². The number of carbonyl (C=O) groups excluding carboxylic acids is 3. The molecular weight excluding hydrogens is 465 g/mol. The molecule has 3 amide bonds. The second kappa shape index (κ2) is 10.1. The second-order valence-corrected chi connectivity index (χ2v) is 10.4.